The number of hydrogen-bond acceptors (Lipinski definition) is 6. The molecule has 0 atom stereocenters. The maximum absolute atomic E-state index is 13.2. The molecule has 1 amide bonds. The Morgan fingerprint density at radius 1 is 1.10 bits per heavy atom. The van der Waals surface area contributed by atoms with Crippen molar-refractivity contribution in [3.63, 3.8) is 0 Å². The summed E-state index contributed by atoms with van der Waals surface area (Å²) in [6.07, 6.45) is 0. The van der Waals surface area contributed by atoms with E-state index in [2.05, 4.69) is 10.4 Å². The van der Waals surface area contributed by atoms with Gasteiger partial charge in [-0.15, -0.1) is 0 Å². The van der Waals surface area contributed by atoms with Gasteiger partial charge in [-0.1, -0.05) is 30.3 Å². The van der Waals surface area contributed by atoms with Gasteiger partial charge in [0, 0.05) is 6.54 Å². The quantitative estimate of drug-likeness (QED) is 0.556. The van der Waals surface area contributed by atoms with Crippen LogP contribution >= 0.6 is 0 Å². The number of nitrogens with zero attached hydrogens (tertiary/aromatic N) is 2. The molecule has 0 aliphatic carbocycles. The highest BCUT2D eigenvalue weighted by atomic mass is 19.1. The largest absolute Gasteiger partial charge is 0.481 e. The van der Waals surface area contributed by atoms with Crippen LogP contribution < -0.4 is 15.6 Å². The third-order valence-corrected chi connectivity index (χ3v) is 4.13. The lowest BCUT2D eigenvalue weighted by atomic mass is 10.2. The van der Waals surface area contributed by atoms with E-state index in [4.69, 9.17) is 9.47 Å². The molecule has 0 spiro atoms. The van der Waals surface area contributed by atoms with Crippen molar-refractivity contribution in [3.8, 4) is 11.4 Å². The zero-order valence-corrected chi connectivity index (χ0v) is 16.7. The highest BCUT2D eigenvalue weighted by Gasteiger charge is 2.20. The van der Waals surface area contributed by atoms with E-state index in [0.717, 1.165) is 28.4 Å². The van der Waals surface area contributed by atoms with E-state index in [0.29, 0.717) is 6.54 Å². The summed E-state index contributed by atoms with van der Waals surface area (Å²) in [4.78, 5) is 36.9. The first-order chi connectivity index (χ1) is 15.0. The molecule has 0 aliphatic heterocycles. The topological polar surface area (TPSA) is 99.5 Å². The number of amides is 1. The summed E-state index contributed by atoms with van der Waals surface area (Å²) in [7, 11) is 0. The van der Waals surface area contributed by atoms with Gasteiger partial charge in [0.05, 0.1) is 18.4 Å². The predicted molar refractivity (Wildman–Crippen MR) is 110 cm³/mol. The molecule has 1 heterocycles. The van der Waals surface area contributed by atoms with Crippen LogP contribution in [0.25, 0.3) is 5.69 Å². The molecular weight excluding hydrogens is 405 g/mol. The van der Waals surface area contributed by atoms with Gasteiger partial charge in [-0.05, 0) is 36.8 Å². The molecule has 1 aromatic heterocycles. The van der Waals surface area contributed by atoms with E-state index in [1.54, 1.807) is 6.92 Å². The van der Waals surface area contributed by atoms with Gasteiger partial charge in [0.1, 0.15) is 5.82 Å². The molecule has 0 unspecified atom stereocenters. The molecule has 160 valence electrons. The summed E-state index contributed by atoms with van der Waals surface area (Å²) in [6.45, 7) is 1.57. The first-order valence-electron chi connectivity index (χ1n) is 9.48. The van der Waals surface area contributed by atoms with Crippen molar-refractivity contribution in [1.29, 1.82) is 0 Å². The Kier molecular flexibility index (Phi) is 7.10. The van der Waals surface area contributed by atoms with Gasteiger partial charge in [0.2, 0.25) is 5.69 Å². The Hall–Kier alpha value is -4.01. The molecule has 3 aromatic rings. The van der Waals surface area contributed by atoms with Crippen LogP contribution in [-0.4, -0.2) is 34.9 Å². The van der Waals surface area contributed by atoms with Crippen molar-refractivity contribution in [2.75, 3.05) is 13.2 Å². The molecule has 8 nitrogen and oxygen atoms in total. The molecule has 3 rings (SSSR count). The lowest BCUT2D eigenvalue weighted by Crippen LogP contribution is -2.30. The normalized spacial score (nSPS) is 10.4. The number of halogens is 1. The number of ether oxygens (including phenoxy) is 2. The van der Waals surface area contributed by atoms with E-state index in [9.17, 15) is 18.8 Å². The Morgan fingerprint density at radius 3 is 2.48 bits per heavy atom. The van der Waals surface area contributed by atoms with Gasteiger partial charge < -0.3 is 14.8 Å². The Labute approximate surface area is 177 Å². The number of carbonyl (C=O) groups is 2. The van der Waals surface area contributed by atoms with Crippen molar-refractivity contribution in [1.82, 2.24) is 15.1 Å². The van der Waals surface area contributed by atoms with Crippen molar-refractivity contribution in [2.24, 2.45) is 0 Å². The molecule has 2 aromatic carbocycles. The van der Waals surface area contributed by atoms with Crippen molar-refractivity contribution < 1.29 is 23.5 Å². The average molecular weight is 425 g/mol. The van der Waals surface area contributed by atoms with Gasteiger partial charge in [-0.2, -0.15) is 9.78 Å². The Bertz CT molecular complexity index is 1110. The molecule has 1 N–H and O–H groups in total. The fourth-order valence-electron chi connectivity index (χ4n) is 2.65. The average Bonchev–Trinajstić information content (AvgIpc) is 2.78. The standard InChI is InChI=1S/C22H20FN3O5/c1-2-30-22(29)21-18(31-14-19(27)24-13-15-6-4-3-5-7-15)12-20(28)26(25-21)17-10-8-16(23)9-11-17/h3-12H,2,13-14H2,1H3,(H,24,27). The number of nitrogens with one attached hydrogen (secondary N) is 1. The molecule has 0 aliphatic rings. The lowest BCUT2D eigenvalue weighted by molar-refractivity contribution is -0.123. The fourth-order valence-corrected chi connectivity index (χ4v) is 2.65. The number of aromatic nitrogens is 2. The minimum Gasteiger partial charge on any atom is -0.481 e. The number of esters is 1. The van der Waals surface area contributed by atoms with Crippen LogP contribution in [-0.2, 0) is 16.1 Å². The summed E-state index contributed by atoms with van der Waals surface area (Å²) in [5.74, 6) is -1.93. The van der Waals surface area contributed by atoms with E-state index < -0.39 is 29.9 Å². The van der Waals surface area contributed by atoms with E-state index in [-0.39, 0.29) is 23.7 Å². The SMILES string of the molecule is CCOC(=O)c1nn(-c2ccc(F)cc2)c(=O)cc1OCC(=O)NCc1ccccc1. The molecular formula is C22H20FN3O5. The first kappa shape index (κ1) is 21.7. The minimum absolute atomic E-state index is 0.0766. The second kappa shape index (κ2) is 10.1. The van der Waals surface area contributed by atoms with Crippen molar-refractivity contribution in [2.45, 2.75) is 13.5 Å². The molecule has 0 saturated heterocycles. The molecule has 31 heavy (non-hydrogen) atoms. The maximum Gasteiger partial charge on any atom is 0.362 e. The maximum atomic E-state index is 13.2. The van der Waals surface area contributed by atoms with E-state index >= 15 is 0 Å². The first-order valence-corrected chi connectivity index (χ1v) is 9.48. The summed E-state index contributed by atoms with van der Waals surface area (Å²) >= 11 is 0. The second-order valence-corrected chi connectivity index (χ2v) is 6.36. The van der Waals surface area contributed by atoms with Crippen LogP contribution in [0.3, 0.4) is 0 Å². The Balaban J connectivity index is 1.79. The van der Waals surface area contributed by atoms with Crippen LogP contribution in [0.1, 0.15) is 23.0 Å². The summed E-state index contributed by atoms with van der Waals surface area (Å²) < 4.78 is 24.5. The van der Waals surface area contributed by atoms with Gasteiger partial charge in [-0.25, -0.2) is 9.18 Å². The van der Waals surface area contributed by atoms with Gasteiger partial charge in [-0.3, -0.25) is 9.59 Å². The van der Waals surface area contributed by atoms with Gasteiger partial charge in [0.25, 0.3) is 11.5 Å². The summed E-state index contributed by atoms with van der Waals surface area (Å²) in [6, 6.07) is 15.3. The van der Waals surface area contributed by atoms with Crippen LogP contribution in [0.5, 0.6) is 5.75 Å². The van der Waals surface area contributed by atoms with Gasteiger partial charge >= 0.3 is 5.97 Å². The predicted octanol–water partition coefficient (Wildman–Crippen LogP) is 2.24. The van der Waals surface area contributed by atoms with Crippen LogP contribution in [0.2, 0.25) is 0 Å². The van der Waals surface area contributed by atoms with E-state index in [1.165, 1.54) is 12.1 Å². The monoisotopic (exact) mass is 425 g/mol. The molecule has 9 heteroatoms. The van der Waals surface area contributed by atoms with Crippen LogP contribution in [0.4, 0.5) is 4.39 Å². The Morgan fingerprint density at radius 2 is 1.81 bits per heavy atom. The molecule has 0 bridgehead atoms. The third-order valence-electron chi connectivity index (χ3n) is 4.13. The van der Waals surface area contributed by atoms with Crippen molar-refractivity contribution in [3.05, 3.63) is 88.1 Å². The molecule has 0 radical (unpaired) electrons. The van der Waals surface area contributed by atoms with E-state index in [1.807, 2.05) is 30.3 Å². The highest BCUT2D eigenvalue weighted by Crippen LogP contribution is 2.16. The number of carbonyl (C=O) groups excluding carboxylic acids is 2. The smallest absolute Gasteiger partial charge is 0.362 e. The second-order valence-electron chi connectivity index (χ2n) is 6.36. The highest BCUT2D eigenvalue weighted by molar-refractivity contribution is 5.90. The number of hydrogen-bond donors (Lipinski definition) is 1. The number of rotatable bonds is 8. The van der Waals surface area contributed by atoms with Crippen molar-refractivity contribution >= 4 is 11.9 Å². The summed E-state index contributed by atoms with van der Waals surface area (Å²) in [5.41, 5.74) is 0.261. The molecule has 0 saturated carbocycles. The van der Waals surface area contributed by atoms with Crippen LogP contribution in [0, 0.1) is 5.82 Å². The van der Waals surface area contributed by atoms with Gasteiger partial charge in [0.15, 0.2) is 12.4 Å². The minimum atomic E-state index is -0.821. The van der Waals surface area contributed by atoms with Crippen LogP contribution in [0.15, 0.2) is 65.5 Å². The zero-order valence-electron chi connectivity index (χ0n) is 16.7. The third kappa shape index (κ3) is 5.75. The molecule has 0 fully saturated rings. The zero-order chi connectivity index (χ0) is 22.2. The summed E-state index contributed by atoms with van der Waals surface area (Å²) in [5, 5.41) is 6.69. The lowest BCUT2D eigenvalue weighted by Gasteiger charge is -2.12. The number of benzene rings is 2. The fraction of sp³-hybridized carbons (Fsp3) is 0.182.